The zero-order valence-corrected chi connectivity index (χ0v) is 8.99. The molecule has 0 fully saturated rings. The van der Waals surface area contributed by atoms with Crippen molar-refractivity contribution < 1.29 is 14.7 Å². The molecule has 0 atom stereocenters. The number of para-hydroxylation sites is 1. The van der Waals surface area contributed by atoms with E-state index in [1.165, 1.54) is 0 Å². The Morgan fingerprint density at radius 2 is 1.94 bits per heavy atom. The van der Waals surface area contributed by atoms with Crippen LogP contribution in [0.25, 0.3) is 0 Å². The number of aryl methyl sites for hydroxylation is 1. The lowest BCUT2D eigenvalue weighted by Crippen LogP contribution is -2.36. The highest BCUT2D eigenvalue weighted by Crippen LogP contribution is 2.12. The lowest BCUT2D eigenvalue weighted by molar-refractivity contribution is -0.136. The summed E-state index contributed by atoms with van der Waals surface area (Å²) in [5.74, 6) is -1.49. The van der Waals surface area contributed by atoms with Gasteiger partial charge in [-0.05, 0) is 18.6 Å². The topological polar surface area (TPSA) is 78.4 Å². The van der Waals surface area contributed by atoms with Gasteiger partial charge in [0.25, 0.3) is 0 Å². The van der Waals surface area contributed by atoms with Crippen LogP contribution < -0.4 is 10.6 Å². The second-order valence-corrected chi connectivity index (χ2v) is 3.25. The van der Waals surface area contributed by atoms with Crippen LogP contribution in [0, 0.1) is 6.92 Å². The summed E-state index contributed by atoms with van der Waals surface area (Å²) < 4.78 is 0. The highest BCUT2D eigenvalue weighted by Gasteiger charge is 2.13. The predicted octanol–water partition coefficient (Wildman–Crippen LogP) is 0.0420. The molecule has 2 amide bonds. The van der Waals surface area contributed by atoms with Gasteiger partial charge in [-0.3, -0.25) is 9.59 Å². The summed E-state index contributed by atoms with van der Waals surface area (Å²) in [5, 5.41) is 13.2. The van der Waals surface area contributed by atoms with Crippen molar-refractivity contribution in [3.05, 3.63) is 29.8 Å². The average molecular weight is 222 g/mol. The predicted molar refractivity (Wildman–Crippen MR) is 59.9 cm³/mol. The van der Waals surface area contributed by atoms with E-state index in [1.807, 2.05) is 19.1 Å². The molecule has 0 saturated carbocycles. The maximum Gasteiger partial charge on any atom is 0.313 e. The summed E-state index contributed by atoms with van der Waals surface area (Å²) in [5.41, 5.74) is 1.48. The summed E-state index contributed by atoms with van der Waals surface area (Å²) in [7, 11) is 0. The van der Waals surface area contributed by atoms with E-state index in [4.69, 9.17) is 5.11 Å². The summed E-state index contributed by atoms with van der Waals surface area (Å²) in [4.78, 5) is 22.5. The second-order valence-electron chi connectivity index (χ2n) is 3.25. The van der Waals surface area contributed by atoms with Crippen LogP contribution in [-0.4, -0.2) is 30.1 Å². The minimum atomic E-state index is -0.752. The Morgan fingerprint density at radius 1 is 1.25 bits per heavy atom. The fourth-order valence-corrected chi connectivity index (χ4v) is 1.14. The quantitative estimate of drug-likeness (QED) is 0.632. The standard InChI is InChI=1S/C11H14N2O3/c1-8-4-2-3-5-9(8)13-11(16)10(15)12-6-7-14/h2-5,14H,6-7H2,1H3,(H,12,15)(H,13,16). The number of nitrogens with one attached hydrogen (secondary N) is 2. The van der Waals surface area contributed by atoms with Crippen LogP contribution in [0.4, 0.5) is 5.69 Å². The summed E-state index contributed by atoms with van der Waals surface area (Å²) >= 11 is 0. The van der Waals surface area contributed by atoms with Crippen LogP contribution in [0.15, 0.2) is 24.3 Å². The van der Waals surface area contributed by atoms with E-state index in [2.05, 4.69) is 10.6 Å². The van der Waals surface area contributed by atoms with Crippen LogP contribution >= 0.6 is 0 Å². The maximum absolute atomic E-state index is 11.4. The molecule has 0 bridgehead atoms. The summed E-state index contributed by atoms with van der Waals surface area (Å²) in [6.45, 7) is 1.71. The molecule has 3 N–H and O–H groups in total. The molecule has 0 unspecified atom stereocenters. The van der Waals surface area contributed by atoms with Gasteiger partial charge in [0.15, 0.2) is 0 Å². The Kier molecular flexibility index (Phi) is 4.47. The van der Waals surface area contributed by atoms with Crippen molar-refractivity contribution in [2.24, 2.45) is 0 Å². The van der Waals surface area contributed by atoms with Gasteiger partial charge in [-0.1, -0.05) is 18.2 Å². The van der Waals surface area contributed by atoms with E-state index >= 15 is 0 Å². The molecule has 0 radical (unpaired) electrons. The number of aliphatic hydroxyl groups is 1. The number of hydrogen-bond donors (Lipinski definition) is 3. The van der Waals surface area contributed by atoms with Crippen molar-refractivity contribution in [1.29, 1.82) is 0 Å². The molecule has 0 aromatic heterocycles. The first-order valence-corrected chi connectivity index (χ1v) is 4.91. The van der Waals surface area contributed by atoms with Crippen LogP contribution in [-0.2, 0) is 9.59 Å². The Morgan fingerprint density at radius 3 is 2.56 bits per heavy atom. The van der Waals surface area contributed by atoms with Gasteiger partial charge in [0.1, 0.15) is 0 Å². The number of carbonyl (C=O) groups excluding carboxylic acids is 2. The number of aliphatic hydroxyl groups excluding tert-OH is 1. The monoisotopic (exact) mass is 222 g/mol. The largest absolute Gasteiger partial charge is 0.395 e. The second kappa shape index (κ2) is 5.87. The van der Waals surface area contributed by atoms with Crippen molar-refractivity contribution in [3.63, 3.8) is 0 Å². The first kappa shape index (κ1) is 12.2. The average Bonchev–Trinajstić information content (AvgIpc) is 2.28. The van der Waals surface area contributed by atoms with E-state index in [1.54, 1.807) is 12.1 Å². The van der Waals surface area contributed by atoms with Crippen molar-refractivity contribution >= 4 is 17.5 Å². The maximum atomic E-state index is 11.4. The molecule has 0 aliphatic heterocycles. The molecule has 86 valence electrons. The van der Waals surface area contributed by atoms with E-state index < -0.39 is 11.8 Å². The van der Waals surface area contributed by atoms with Gasteiger partial charge in [-0.25, -0.2) is 0 Å². The fraction of sp³-hybridized carbons (Fsp3) is 0.273. The highest BCUT2D eigenvalue weighted by molar-refractivity contribution is 6.39. The smallest absolute Gasteiger partial charge is 0.313 e. The molecule has 0 heterocycles. The molecular weight excluding hydrogens is 208 g/mol. The molecule has 5 nitrogen and oxygen atoms in total. The molecule has 1 aromatic rings. The Hall–Kier alpha value is -1.88. The van der Waals surface area contributed by atoms with Gasteiger partial charge in [0.05, 0.1) is 6.61 Å². The third-order valence-electron chi connectivity index (χ3n) is 2.00. The third-order valence-corrected chi connectivity index (χ3v) is 2.00. The molecular formula is C11H14N2O3. The Balaban J connectivity index is 2.58. The first-order chi connectivity index (χ1) is 7.65. The molecule has 0 aliphatic carbocycles. The minimum Gasteiger partial charge on any atom is -0.395 e. The number of carbonyl (C=O) groups is 2. The SMILES string of the molecule is Cc1ccccc1NC(=O)C(=O)NCCO. The number of anilines is 1. The summed E-state index contributed by atoms with van der Waals surface area (Å²) in [6.07, 6.45) is 0. The van der Waals surface area contributed by atoms with Crippen LogP contribution in [0.1, 0.15) is 5.56 Å². The third kappa shape index (κ3) is 3.36. The first-order valence-electron chi connectivity index (χ1n) is 4.91. The van der Waals surface area contributed by atoms with Gasteiger partial charge in [-0.15, -0.1) is 0 Å². The van der Waals surface area contributed by atoms with Crippen molar-refractivity contribution in [2.45, 2.75) is 6.92 Å². The normalized spacial score (nSPS) is 9.62. The Bertz CT molecular complexity index is 391. The van der Waals surface area contributed by atoms with Crippen molar-refractivity contribution in [2.75, 3.05) is 18.5 Å². The van der Waals surface area contributed by atoms with Crippen molar-refractivity contribution in [1.82, 2.24) is 5.32 Å². The zero-order chi connectivity index (χ0) is 12.0. The number of hydrogen-bond acceptors (Lipinski definition) is 3. The van der Waals surface area contributed by atoms with Crippen molar-refractivity contribution in [3.8, 4) is 0 Å². The molecule has 0 spiro atoms. The zero-order valence-electron chi connectivity index (χ0n) is 8.99. The fourth-order valence-electron chi connectivity index (χ4n) is 1.14. The van der Waals surface area contributed by atoms with E-state index in [-0.39, 0.29) is 13.2 Å². The highest BCUT2D eigenvalue weighted by atomic mass is 16.3. The molecule has 5 heteroatoms. The lowest BCUT2D eigenvalue weighted by atomic mass is 10.2. The Labute approximate surface area is 93.5 Å². The van der Waals surface area contributed by atoms with Crippen LogP contribution in [0.2, 0.25) is 0 Å². The molecule has 1 rings (SSSR count). The molecule has 16 heavy (non-hydrogen) atoms. The van der Waals surface area contributed by atoms with E-state index in [0.717, 1.165) is 5.56 Å². The lowest BCUT2D eigenvalue weighted by Gasteiger charge is -2.07. The van der Waals surface area contributed by atoms with Gasteiger partial charge >= 0.3 is 11.8 Å². The number of rotatable bonds is 3. The van der Waals surface area contributed by atoms with Gasteiger partial charge in [-0.2, -0.15) is 0 Å². The van der Waals surface area contributed by atoms with Gasteiger partial charge in [0.2, 0.25) is 0 Å². The molecule has 0 saturated heterocycles. The van der Waals surface area contributed by atoms with Gasteiger partial charge in [0, 0.05) is 12.2 Å². The minimum absolute atomic E-state index is 0.0695. The van der Waals surface area contributed by atoms with Gasteiger partial charge < -0.3 is 15.7 Å². The summed E-state index contributed by atoms with van der Waals surface area (Å²) in [6, 6.07) is 7.17. The van der Waals surface area contributed by atoms with Crippen LogP contribution in [0.5, 0.6) is 0 Å². The van der Waals surface area contributed by atoms with E-state index in [9.17, 15) is 9.59 Å². The molecule has 1 aromatic carbocycles. The van der Waals surface area contributed by atoms with Crippen LogP contribution in [0.3, 0.4) is 0 Å². The number of benzene rings is 1. The number of amides is 2. The van der Waals surface area contributed by atoms with E-state index in [0.29, 0.717) is 5.69 Å². The molecule has 0 aliphatic rings.